The molecule has 6 heteroatoms. The van der Waals surface area contributed by atoms with Gasteiger partial charge in [-0.15, -0.1) is 0 Å². The maximum Gasteiger partial charge on any atom is 0.418 e. The summed E-state index contributed by atoms with van der Waals surface area (Å²) in [5.74, 6) is 0. The third-order valence-corrected chi connectivity index (χ3v) is 3.98. The van der Waals surface area contributed by atoms with Gasteiger partial charge in [0.25, 0.3) is 0 Å². The van der Waals surface area contributed by atoms with E-state index in [-0.39, 0.29) is 0 Å². The quantitative estimate of drug-likeness (QED) is 0.800. The van der Waals surface area contributed by atoms with Crippen molar-refractivity contribution in [1.29, 1.82) is 0 Å². The molecule has 1 heterocycles. The third kappa shape index (κ3) is 3.03. The Morgan fingerprint density at radius 3 is 2.56 bits per heavy atom. The molecule has 0 aromatic rings. The molecule has 0 bridgehead atoms. The molecule has 0 spiro atoms. The van der Waals surface area contributed by atoms with Crippen molar-refractivity contribution >= 4 is 14.1 Å². The van der Waals surface area contributed by atoms with Gasteiger partial charge in [0.15, 0.2) is 8.03 Å². The van der Waals surface area contributed by atoms with E-state index in [0.717, 1.165) is 11.3 Å². The number of hydrogen-bond acceptors (Lipinski definition) is 3. The molecular weight excluding hydrogens is 253 g/mol. The van der Waals surface area contributed by atoms with Crippen molar-refractivity contribution in [3.63, 3.8) is 0 Å². The monoisotopic (exact) mass is 273 g/mol. The molecule has 1 amide bonds. The van der Waals surface area contributed by atoms with Crippen molar-refractivity contribution in [2.45, 2.75) is 39.3 Å². The Morgan fingerprint density at radius 1 is 1.44 bits per heavy atom. The van der Waals surface area contributed by atoms with E-state index in [0.29, 0.717) is 19.4 Å². The van der Waals surface area contributed by atoms with Crippen LogP contribution in [-0.2, 0) is 9.30 Å². The molecule has 0 saturated carbocycles. The van der Waals surface area contributed by atoms with E-state index in [1.807, 2.05) is 13.8 Å². The fraction of sp³-hybridized carbons (Fsp3) is 0.583. The summed E-state index contributed by atoms with van der Waals surface area (Å²) >= 11 is 0. The second-order valence-corrected chi connectivity index (χ2v) is 5.20. The van der Waals surface area contributed by atoms with Crippen LogP contribution in [0.3, 0.4) is 0 Å². The van der Waals surface area contributed by atoms with Crippen LogP contribution in [0.2, 0.25) is 0 Å². The number of hydrogen-bond donors (Lipinski definition) is 1. The highest BCUT2D eigenvalue weighted by atomic mass is 31.1. The van der Waals surface area contributed by atoms with Crippen LogP contribution in [0.1, 0.15) is 33.6 Å². The molecule has 1 aliphatic rings. The molecule has 18 heavy (non-hydrogen) atoms. The zero-order valence-electron chi connectivity index (χ0n) is 11.0. The molecule has 0 aromatic heterocycles. The minimum absolute atomic E-state index is 0.307. The molecule has 1 N–H and O–H groups in total. The molecule has 1 rings (SSSR count). The summed E-state index contributed by atoms with van der Waals surface area (Å²) in [4.78, 5) is 22.6. The number of rotatable bonds is 4. The predicted molar refractivity (Wildman–Crippen MR) is 70.6 cm³/mol. The molecule has 0 radical (unpaired) electrons. The van der Waals surface area contributed by atoms with Crippen LogP contribution in [0.15, 0.2) is 23.5 Å². The number of allylic oxidation sites excluding steroid dienone is 3. The lowest BCUT2D eigenvalue weighted by Crippen LogP contribution is -2.31. The lowest BCUT2D eigenvalue weighted by molar-refractivity contribution is 0.129. The topological polar surface area (TPSA) is 66.8 Å². The Labute approximate surface area is 108 Å². The first-order chi connectivity index (χ1) is 8.56. The predicted octanol–water partition coefficient (Wildman–Crippen LogP) is 2.88. The van der Waals surface area contributed by atoms with Crippen LogP contribution < -0.4 is 0 Å². The molecule has 102 valence electrons. The number of ether oxygens (including phenoxy) is 1. The van der Waals surface area contributed by atoms with Crippen LogP contribution >= 0.6 is 8.03 Å². The molecule has 0 aromatic carbocycles. The summed E-state index contributed by atoms with van der Waals surface area (Å²) in [6.07, 6.45) is 3.98. The minimum atomic E-state index is -2.67. The highest BCUT2D eigenvalue weighted by molar-refractivity contribution is 7.39. The first kappa shape index (κ1) is 15.0. The van der Waals surface area contributed by atoms with Gasteiger partial charge in [-0.3, -0.25) is 9.46 Å². The fourth-order valence-electron chi connectivity index (χ4n) is 2.13. The zero-order chi connectivity index (χ0) is 13.7. The van der Waals surface area contributed by atoms with Gasteiger partial charge in [-0.05, 0) is 25.3 Å². The van der Waals surface area contributed by atoms with Crippen LogP contribution in [-0.4, -0.2) is 28.2 Å². The standard InChI is InChI=1S/C12H20NO4P/c1-4-9-10(5-2)13(12(14)17-6-3)8-7-11(9)18(15)16/h7-8,11,18H,4-6H2,1-3H3,(H,15,16). The smallest absolute Gasteiger partial charge is 0.418 e. The summed E-state index contributed by atoms with van der Waals surface area (Å²) in [5, 5.41) is 0. The SMILES string of the molecule is CCOC(=O)N1C=CC([PH](=O)O)C(CC)=C1CC. The second-order valence-electron chi connectivity index (χ2n) is 3.91. The Balaban J connectivity index is 3.11. The van der Waals surface area contributed by atoms with E-state index in [9.17, 15) is 14.3 Å². The van der Waals surface area contributed by atoms with Crippen molar-refractivity contribution in [3.05, 3.63) is 23.5 Å². The van der Waals surface area contributed by atoms with E-state index < -0.39 is 19.8 Å². The summed E-state index contributed by atoms with van der Waals surface area (Å²) < 4.78 is 16.3. The Hall–Kier alpha value is -1.06. The van der Waals surface area contributed by atoms with E-state index in [1.54, 1.807) is 19.2 Å². The normalized spacial score (nSPS) is 21.1. The zero-order valence-corrected chi connectivity index (χ0v) is 12.0. The van der Waals surface area contributed by atoms with Gasteiger partial charge < -0.3 is 9.63 Å². The van der Waals surface area contributed by atoms with Gasteiger partial charge in [-0.1, -0.05) is 19.9 Å². The van der Waals surface area contributed by atoms with Crippen LogP contribution in [0, 0.1) is 0 Å². The average Bonchev–Trinajstić information content (AvgIpc) is 2.36. The molecular formula is C12H20NO4P. The highest BCUT2D eigenvalue weighted by Crippen LogP contribution is 2.38. The van der Waals surface area contributed by atoms with Crippen molar-refractivity contribution in [2.75, 3.05) is 6.61 Å². The number of carbonyl (C=O) groups is 1. The van der Waals surface area contributed by atoms with Gasteiger partial charge in [-0.25, -0.2) is 4.79 Å². The first-order valence-electron chi connectivity index (χ1n) is 6.15. The van der Waals surface area contributed by atoms with E-state index >= 15 is 0 Å². The number of amides is 1. The molecule has 0 saturated heterocycles. The summed E-state index contributed by atoms with van der Waals surface area (Å²) in [6.45, 7) is 5.89. The van der Waals surface area contributed by atoms with Gasteiger partial charge in [0.1, 0.15) is 0 Å². The van der Waals surface area contributed by atoms with E-state index in [4.69, 9.17) is 4.74 Å². The number of nitrogens with zero attached hydrogens (tertiary/aromatic N) is 1. The summed E-state index contributed by atoms with van der Waals surface area (Å²) in [7, 11) is -2.67. The van der Waals surface area contributed by atoms with Crippen LogP contribution in [0.4, 0.5) is 4.79 Å². The van der Waals surface area contributed by atoms with E-state index in [2.05, 4.69) is 0 Å². The number of carbonyl (C=O) groups excluding carboxylic acids is 1. The van der Waals surface area contributed by atoms with Crippen molar-refractivity contribution in [2.24, 2.45) is 0 Å². The lowest BCUT2D eigenvalue weighted by atomic mass is 10.0. The van der Waals surface area contributed by atoms with Crippen molar-refractivity contribution < 1.29 is 19.0 Å². The Morgan fingerprint density at radius 2 is 2.11 bits per heavy atom. The maximum absolute atomic E-state index is 11.8. The Kier molecular flexibility index (Phi) is 5.63. The molecule has 2 unspecified atom stereocenters. The maximum atomic E-state index is 11.8. The van der Waals surface area contributed by atoms with Gasteiger partial charge in [-0.2, -0.15) is 0 Å². The molecule has 1 aliphatic heterocycles. The van der Waals surface area contributed by atoms with Gasteiger partial charge in [0.2, 0.25) is 0 Å². The minimum Gasteiger partial charge on any atom is -0.449 e. The molecule has 0 fully saturated rings. The average molecular weight is 273 g/mol. The Bertz CT molecular complexity index is 403. The molecule has 2 atom stereocenters. The van der Waals surface area contributed by atoms with Crippen LogP contribution in [0.5, 0.6) is 0 Å². The fourth-order valence-corrected chi connectivity index (χ4v) is 3.05. The van der Waals surface area contributed by atoms with E-state index in [1.165, 1.54) is 4.90 Å². The van der Waals surface area contributed by atoms with Gasteiger partial charge in [0, 0.05) is 11.9 Å². The largest absolute Gasteiger partial charge is 0.449 e. The lowest BCUT2D eigenvalue weighted by Gasteiger charge is -2.29. The summed E-state index contributed by atoms with van der Waals surface area (Å²) in [6, 6.07) is 0. The molecule has 0 aliphatic carbocycles. The highest BCUT2D eigenvalue weighted by Gasteiger charge is 2.28. The first-order valence-corrected chi connectivity index (χ1v) is 7.59. The molecule has 5 nitrogen and oxygen atoms in total. The van der Waals surface area contributed by atoms with Crippen molar-refractivity contribution in [3.8, 4) is 0 Å². The second kappa shape index (κ2) is 6.76. The van der Waals surface area contributed by atoms with Gasteiger partial charge >= 0.3 is 6.09 Å². The summed E-state index contributed by atoms with van der Waals surface area (Å²) in [5.41, 5.74) is 1.16. The third-order valence-electron chi connectivity index (χ3n) is 2.91. The van der Waals surface area contributed by atoms with Crippen molar-refractivity contribution in [1.82, 2.24) is 4.90 Å². The van der Waals surface area contributed by atoms with Gasteiger partial charge in [0.05, 0.1) is 12.3 Å². The van der Waals surface area contributed by atoms with Crippen LogP contribution in [0.25, 0.3) is 0 Å².